The number of ether oxygens (including phenoxy) is 1. The van der Waals surface area contributed by atoms with E-state index in [4.69, 9.17) is 5.11 Å². The SMILES string of the molecule is O=C(O)CCCNC(=O)c1cc2ccccc2cc1OC(F)F. The normalized spacial score (nSPS) is 10.7. The van der Waals surface area contributed by atoms with Crippen LogP contribution in [-0.2, 0) is 4.79 Å². The summed E-state index contributed by atoms with van der Waals surface area (Å²) in [5.41, 5.74) is -0.0145. The Kier molecular flexibility index (Phi) is 5.46. The fraction of sp³-hybridized carbons (Fsp3) is 0.250. The van der Waals surface area contributed by atoms with Crippen molar-refractivity contribution in [2.75, 3.05) is 6.54 Å². The van der Waals surface area contributed by atoms with Gasteiger partial charge in [-0.25, -0.2) is 0 Å². The Balaban J connectivity index is 2.22. The molecule has 0 saturated heterocycles. The number of hydrogen-bond donors (Lipinski definition) is 2. The molecule has 2 N–H and O–H groups in total. The lowest BCUT2D eigenvalue weighted by molar-refractivity contribution is -0.137. The Morgan fingerprint density at radius 3 is 2.43 bits per heavy atom. The molecule has 7 heteroatoms. The Morgan fingerprint density at radius 1 is 1.17 bits per heavy atom. The number of fused-ring (bicyclic) bond motifs is 1. The Hall–Kier alpha value is -2.70. The maximum Gasteiger partial charge on any atom is 0.387 e. The molecule has 23 heavy (non-hydrogen) atoms. The maximum absolute atomic E-state index is 12.5. The number of carboxylic acids is 1. The highest BCUT2D eigenvalue weighted by molar-refractivity contribution is 6.01. The third kappa shape index (κ3) is 4.64. The number of aliphatic carboxylic acids is 1. The van der Waals surface area contributed by atoms with Crippen LogP contribution in [0.25, 0.3) is 10.8 Å². The van der Waals surface area contributed by atoms with Crippen LogP contribution in [0.15, 0.2) is 36.4 Å². The molecule has 2 rings (SSSR count). The second-order valence-electron chi connectivity index (χ2n) is 4.83. The standard InChI is InChI=1S/C16H15F2NO4/c17-16(18)23-13-9-11-5-2-1-4-10(11)8-12(13)15(22)19-7-3-6-14(20)21/h1-2,4-5,8-9,16H,3,6-7H2,(H,19,22)(H,20,21). The third-order valence-corrected chi connectivity index (χ3v) is 3.16. The zero-order valence-corrected chi connectivity index (χ0v) is 12.1. The van der Waals surface area contributed by atoms with Crippen molar-refractivity contribution in [2.24, 2.45) is 0 Å². The van der Waals surface area contributed by atoms with Crippen molar-refractivity contribution in [3.05, 3.63) is 42.0 Å². The van der Waals surface area contributed by atoms with Gasteiger partial charge in [0.05, 0.1) is 5.56 Å². The molecule has 0 aliphatic carbocycles. The van der Waals surface area contributed by atoms with Crippen molar-refractivity contribution in [3.63, 3.8) is 0 Å². The summed E-state index contributed by atoms with van der Waals surface area (Å²) in [6, 6.07) is 9.85. The molecule has 2 aromatic rings. The summed E-state index contributed by atoms with van der Waals surface area (Å²) in [5, 5.41) is 12.4. The number of rotatable bonds is 7. The molecule has 2 aromatic carbocycles. The quantitative estimate of drug-likeness (QED) is 0.768. The van der Waals surface area contributed by atoms with E-state index in [1.165, 1.54) is 12.1 Å². The average molecular weight is 323 g/mol. The van der Waals surface area contributed by atoms with Crippen molar-refractivity contribution < 1.29 is 28.2 Å². The Morgan fingerprint density at radius 2 is 1.83 bits per heavy atom. The fourth-order valence-electron chi connectivity index (χ4n) is 2.13. The first-order valence-corrected chi connectivity index (χ1v) is 6.95. The summed E-state index contributed by atoms with van der Waals surface area (Å²) in [5.74, 6) is -1.77. The molecule has 0 aliphatic rings. The summed E-state index contributed by atoms with van der Waals surface area (Å²) in [7, 11) is 0. The van der Waals surface area contributed by atoms with E-state index in [1.54, 1.807) is 24.3 Å². The summed E-state index contributed by atoms with van der Waals surface area (Å²) in [6.45, 7) is -2.92. The zero-order chi connectivity index (χ0) is 16.8. The molecule has 0 spiro atoms. The van der Waals surface area contributed by atoms with E-state index in [0.29, 0.717) is 10.8 Å². The first kappa shape index (κ1) is 16.7. The van der Waals surface area contributed by atoms with Crippen molar-refractivity contribution in [1.82, 2.24) is 5.32 Å². The summed E-state index contributed by atoms with van der Waals surface area (Å²) in [6.07, 6.45) is 0.165. The molecule has 0 atom stereocenters. The van der Waals surface area contributed by atoms with E-state index in [2.05, 4.69) is 10.1 Å². The van der Waals surface area contributed by atoms with E-state index in [-0.39, 0.29) is 30.7 Å². The number of carboxylic acid groups (broad SMARTS) is 1. The lowest BCUT2D eigenvalue weighted by Crippen LogP contribution is -2.25. The summed E-state index contributed by atoms with van der Waals surface area (Å²) >= 11 is 0. The van der Waals surface area contributed by atoms with Gasteiger partial charge in [0.25, 0.3) is 5.91 Å². The predicted octanol–water partition coefficient (Wildman–Crippen LogP) is 3.04. The molecule has 0 fully saturated rings. The van der Waals surface area contributed by atoms with Gasteiger partial charge < -0.3 is 15.2 Å². The number of benzene rings is 2. The number of nitrogens with one attached hydrogen (secondary N) is 1. The van der Waals surface area contributed by atoms with Crippen molar-refractivity contribution in [2.45, 2.75) is 19.5 Å². The molecular weight excluding hydrogens is 308 g/mol. The third-order valence-electron chi connectivity index (χ3n) is 3.16. The molecule has 0 radical (unpaired) electrons. The van der Waals surface area contributed by atoms with E-state index in [9.17, 15) is 18.4 Å². The van der Waals surface area contributed by atoms with Crippen LogP contribution in [0.4, 0.5) is 8.78 Å². The minimum atomic E-state index is -3.05. The molecule has 0 unspecified atom stereocenters. The number of halogens is 2. The fourth-order valence-corrected chi connectivity index (χ4v) is 2.13. The largest absolute Gasteiger partial charge is 0.481 e. The molecule has 0 aliphatic heterocycles. The second kappa shape index (κ2) is 7.53. The van der Waals surface area contributed by atoms with Gasteiger partial charge in [0.15, 0.2) is 0 Å². The van der Waals surface area contributed by atoms with Crippen LogP contribution in [0.5, 0.6) is 5.75 Å². The zero-order valence-electron chi connectivity index (χ0n) is 12.1. The molecule has 5 nitrogen and oxygen atoms in total. The summed E-state index contributed by atoms with van der Waals surface area (Å²) in [4.78, 5) is 22.6. The first-order valence-electron chi connectivity index (χ1n) is 6.95. The molecule has 0 heterocycles. The lowest BCUT2D eigenvalue weighted by atomic mass is 10.1. The minimum absolute atomic E-state index is 0.0145. The van der Waals surface area contributed by atoms with Crippen molar-refractivity contribution in [3.8, 4) is 5.75 Å². The molecular formula is C16H15F2NO4. The van der Waals surface area contributed by atoms with Crippen LogP contribution in [0.3, 0.4) is 0 Å². The van der Waals surface area contributed by atoms with Crippen LogP contribution in [0.2, 0.25) is 0 Å². The van der Waals surface area contributed by atoms with Crippen molar-refractivity contribution in [1.29, 1.82) is 0 Å². The molecule has 1 amide bonds. The van der Waals surface area contributed by atoms with Gasteiger partial charge in [0.2, 0.25) is 0 Å². The molecule has 0 bridgehead atoms. The molecule has 122 valence electrons. The van der Waals surface area contributed by atoms with E-state index < -0.39 is 18.5 Å². The highest BCUT2D eigenvalue weighted by Gasteiger charge is 2.17. The minimum Gasteiger partial charge on any atom is -0.481 e. The van der Waals surface area contributed by atoms with Gasteiger partial charge in [0, 0.05) is 13.0 Å². The van der Waals surface area contributed by atoms with Gasteiger partial charge in [-0.2, -0.15) is 8.78 Å². The van der Waals surface area contributed by atoms with E-state index in [0.717, 1.165) is 0 Å². The van der Waals surface area contributed by atoms with Crippen LogP contribution in [0, 0.1) is 0 Å². The molecule has 0 saturated carbocycles. The topological polar surface area (TPSA) is 75.6 Å². The van der Waals surface area contributed by atoms with Gasteiger partial charge in [-0.15, -0.1) is 0 Å². The number of carbonyl (C=O) groups is 2. The number of carbonyl (C=O) groups excluding carboxylic acids is 1. The van der Waals surface area contributed by atoms with E-state index >= 15 is 0 Å². The van der Waals surface area contributed by atoms with Crippen molar-refractivity contribution >= 4 is 22.6 Å². The van der Waals surface area contributed by atoms with Gasteiger partial charge in [0.1, 0.15) is 5.75 Å². The number of amides is 1. The van der Waals surface area contributed by atoms with Crippen LogP contribution >= 0.6 is 0 Å². The number of alkyl halides is 2. The highest BCUT2D eigenvalue weighted by atomic mass is 19.3. The Bertz CT molecular complexity index is 718. The maximum atomic E-state index is 12.5. The second-order valence-corrected chi connectivity index (χ2v) is 4.83. The lowest BCUT2D eigenvalue weighted by Gasteiger charge is -2.12. The van der Waals surface area contributed by atoms with E-state index in [1.807, 2.05) is 0 Å². The Labute approximate surface area is 130 Å². The monoisotopic (exact) mass is 323 g/mol. The van der Waals surface area contributed by atoms with Gasteiger partial charge >= 0.3 is 12.6 Å². The average Bonchev–Trinajstić information content (AvgIpc) is 2.50. The smallest absolute Gasteiger partial charge is 0.387 e. The first-order chi connectivity index (χ1) is 11.0. The highest BCUT2D eigenvalue weighted by Crippen LogP contribution is 2.27. The van der Waals surface area contributed by atoms with Gasteiger partial charge in [-0.05, 0) is 29.3 Å². The molecule has 0 aromatic heterocycles. The van der Waals surface area contributed by atoms with Gasteiger partial charge in [-0.3, -0.25) is 9.59 Å². The van der Waals surface area contributed by atoms with Crippen LogP contribution in [-0.4, -0.2) is 30.1 Å². The number of hydrogen-bond acceptors (Lipinski definition) is 3. The predicted molar refractivity (Wildman–Crippen MR) is 79.8 cm³/mol. The summed E-state index contributed by atoms with van der Waals surface area (Å²) < 4.78 is 29.5. The van der Waals surface area contributed by atoms with Gasteiger partial charge in [-0.1, -0.05) is 24.3 Å². The van der Waals surface area contributed by atoms with Crippen LogP contribution < -0.4 is 10.1 Å². The van der Waals surface area contributed by atoms with Crippen LogP contribution in [0.1, 0.15) is 23.2 Å².